The van der Waals surface area contributed by atoms with Crippen LogP contribution in [0.1, 0.15) is 18.7 Å². The molecule has 1 rings (SSSR count). The van der Waals surface area contributed by atoms with Gasteiger partial charge in [-0.05, 0) is 25.1 Å². The molecule has 0 spiro atoms. The number of likely N-dealkylation sites (N-methyl/N-ethyl adjacent to an activating group) is 1. The summed E-state index contributed by atoms with van der Waals surface area (Å²) in [5.74, 6) is 0. The summed E-state index contributed by atoms with van der Waals surface area (Å²) in [4.78, 5) is 0. The van der Waals surface area contributed by atoms with E-state index in [0.717, 1.165) is 11.1 Å². The van der Waals surface area contributed by atoms with Gasteiger partial charge in [0.05, 0.1) is 12.3 Å². The minimum Gasteiger partial charge on any atom is -0.312 e. The second kappa shape index (κ2) is 8.43. The van der Waals surface area contributed by atoms with Crippen LogP contribution in [0.4, 0.5) is 0 Å². The minimum atomic E-state index is -0.225. The lowest BCUT2D eigenvalue weighted by atomic mass is 10.1. The summed E-state index contributed by atoms with van der Waals surface area (Å²) in [6, 6.07) is 9.97. The second-order valence-electron chi connectivity index (χ2n) is 4.18. The Morgan fingerprint density at radius 2 is 2.00 bits per heavy atom. The summed E-state index contributed by atoms with van der Waals surface area (Å²) in [6.45, 7) is 5.73. The third-order valence-electron chi connectivity index (χ3n) is 2.80. The topological polar surface area (TPSA) is 50.1 Å². The molecule has 2 atom stereocenters. The van der Waals surface area contributed by atoms with E-state index in [2.05, 4.69) is 17.2 Å². The van der Waals surface area contributed by atoms with Crippen LogP contribution in [0.5, 0.6) is 0 Å². The largest absolute Gasteiger partial charge is 0.312 e. The van der Waals surface area contributed by atoms with Gasteiger partial charge in [-0.25, -0.2) is 0 Å². The van der Waals surface area contributed by atoms with Crippen molar-refractivity contribution in [3.05, 3.63) is 72.4 Å². The molecule has 0 aromatic heterocycles. The first-order valence-electron chi connectivity index (χ1n) is 6.42. The Kier molecular flexibility index (Phi) is 6.82. The third-order valence-corrected chi connectivity index (χ3v) is 2.80. The molecule has 0 fully saturated rings. The SMILES string of the molecule is C=C/C=C(\C=C/C)C(NC)NC(N)c1ccccc1. The predicted molar refractivity (Wildman–Crippen MR) is 82.4 cm³/mol. The molecule has 0 saturated heterocycles. The third kappa shape index (κ3) is 4.83. The Labute approximate surface area is 115 Å². The van der Waals surface area contributed by atoms with Crippen molar-refractivity contribution in [2.24, 2.45) is 5.73 Å². The van der Waals surface area contributed by atoms with Crippen LogP contribution in [0.25, 0.3) is 0 Å². The van der Waals surface area contributed by atoms with Crippen LogP contribution in [0, 0.1) is 0 Å². The van der Waals surface area contributed by atoms with Crippen molar-refractivity contribution < 1.29 is 0 Å². The molecule has 0 bridgehead atoms. The summed E-state index contributed by atoms with van der Waals surface area (Å²) < 4.78 is 0. The van der Waals surface area contributed by atoms with Gasteiger partial charge in [-0.15, -0.1) is 0 Å². The molecule has 0 aliphatic carbocycles. The van der Waals surface area contributed by atoms with E-state index in [1.54, 1.807) is 6.08 Å². The van der Waals surface area contributed by atoms with E-state index >= 15 is 0 Å². The molecule has 4 N–H and O–H groups in total. The van der Waals surface area contributed by atoms with Gasteiger partial charge >= 0.3 is 0 Å². The van der Waals surface area contributed by atoms with E-state index in [4.69, 9.17) is 5.73 Å². The van der Waals surface area contributed by atoms with Gasteiger partial charge in [-0.1, -0.05) is 61.2 Å². The van der Waals surface area contributed by atoms with E-state index in [1.807, 2.05) is 62.5 Å². The standard InChI is InChI=1S/C16H23N3/c1-4-9-14(10-5-2)16(18-3)19-15(17)13-11-7-6-8-12-13/h4-12,15-16,18-19H,1,17H2,2-3H3/b10-5-,14-9+. The zero-order valence-corrected chi connectivity index (χ0v) is 11.6. The molecule has 102 valence electrons. The van der Waals surface area contributed by atoms with Crippen molar-refractivity contribution in [1.29, 1.82) is 0 Å². The first-order chi connectivity index (χ1) is 9.22. The van der Waals surface area contributed by atoms with Crippen molar-refractivity contribution in [1.82, 2.24) is 10.6 Å². The molecular formula is C16H23N3. The summed E-state index contributed by atoms with van der Waals surface area (Å²) in [5.41, 5.74) is 8.32. The van der Waals surface area contributed by atoms with Crippen LogP contribution < -0.4 is 16.4 Å². The summed E-state index contributed by atoms with van der Waals surface area (Å²) in [7, 11) is 1.90. The fourth-order valence-corrected chi connectivity index (χ4v) is 1.86. The molecule has 0 amide bonds. The number of nitrogens with one attached hydrogen (secondary N) is 2. The highest BCUT2D eigenvalue weighted by atomic mass is 15.2. The molecular weight excluding hydrogens is 234 g/mol. The Balaban J connectivity index is 2.81. The van der Waals surface area contributed by atoms with Gasteiger partial charge in [0.1, 0.15) is 0 Å². The molecule has 0 heterocycles. The number of rotatable bonds is 7. The smallest absolute Gasteiger partial charge is 0.0847 e. The fourth-order valence-electron chi connectivity index (χ4n) is 1.86. The summed E-state index contributed by atoms with van der Waals surface area (Å²) in [6.07, 6.45) is 7.52. The van der Waals surface area contributed by atoms with E-state index < -0.39 is 0 Å². The highest BCUT2D eigenvalue weighted by molar-refractivity contribution is 5.28. The summed E-state index contributed by atoms with van der Waals surface area (Å²) >= 11 is 0. The first-order valence-corrected chi connectivity index (χ1v) is 6.42. The van der Waals surface area contributed by atoms with Crippen molar-refractivity contribution in [3.63, 3.8) is 0 Å². The molecule has 0 aliphatic rings. The number of nitrogens with two attached hydrogens (primary N) is 1. The van der Waals surface area contributed by atoms with Crippen LogP contribution in [-0.4, -0.2) is 13.2 Å². The number of benzene rings is 1. The van der Waals surface area contributed by atoms with E-state index in [9.17, 15) is 0 Å². The fraction of sp³-hybridized carbons (Fsp3) is 0.250. The van der Waals surface area contributed by atoms with E-state index in [-0.39, 0.29) is 12.3 Å². The Morgan fingerprint density at radius 3 is 2.53 bits per heavy atom. The van der Waals surface area contributed by atoms with Crippen LogP contribution in [0.2, 0.25) is 0 Å². The van der Waals surface area contributed by atoms with Crippen LogP contribution >= 0.6 is 0 Å². The van der Waals surface area contributed by atoms with Gasteiger partial charge in [0, 0.05) is 0 Å². The molecule has 1 aromatic carbocycles. The number of allylic oxidation sites excluding steroid dienone is 3. The Bertz CT molecular complexity index is 435. The lowest BCUT2D eigenvalue weighted by molar-refractivity contribution is 0.446. The lowest BCUT2D eigenvalue weighted by Crippen LogP contribution is -2.46. The normalized spacial score (nSPS) is 15.4. The van der Waals surface area contributed by atoms with Crippen LogP contribution in [-0.2, 0) is 0 Å². The maximum Gasteiger partial charge on any atom is 0.0847 e. The zero-order valence-electron chi connectivity index (χ0n) is 11.6. The molecule has 2 unspecified atom stereocenters. The van der Waals surface area contributed by atoms with Gasteiger partial charge in [-0.3, -0.25) is 5.32 Å². The van der Waals surface area contributed by atoms with Gasteiger partial charge in [-0.2, -0.15) is 0 Å². The van der Waals surface area contributed by atoms with E-state index in [0.29, 0.717) is 0 Å². The molecule has 0 radical (unpaired) electrons. The van der Waals surface area contributed by atoms with Crippen molar-refractivity contribution in [2.75, 3.05) is 7.05 Å². The van der Waals surface area contributed by atoms with Gasteiger partial charge < -0.3 is 11.1 Å². The predicted octanol–water partition coefficient (Wildman–Crippen LogP) is 2.47. The quantitative estimate of drug-likeness (QED) is 0.519. The highest BCUT2D eigenvalue weighted by Crippen LogP contribution is 2.10. The van der Waals surface area contributed by atoms with E-state index in [1.165, 1.54) is 0 Å². The van der Waals surface area contributed by atoms with Crippen molar-refractivity contribution in [2.45, 2.75) is 19.3 Å². The average molecular weight is 257 g/mol. The van der Waals surface area contributed by atoms with Gasteiger partial charge in [0.25, 0.3) is 0 Å². The minimum absolute atomic E-state index is 0.0237. The molecule has 3 heteroatoms. The number of hydrogen-bond acceptors (Lipinski definition) is 3. The number of hydrogen-bond donors (Lipinski definition) is 3. The average Bonchev–Trinajstić information content (AvgIpc) is 2.45. The van der Waals surface area contributed by atoms with Gasteiger partial charge in [0.2, 0.25) is 0 Å². The van der Waals surface area contributed by atoms with Gasteiger partial charge in [0.15, 0.2) is 0 Å². The maximum absolute atomic E-state index is 6.17. The molecule has 1 aromatic rings. The monoisotopic (exact) mass is 257 g/mol. The highest BCUT2D eigenvalue weighted by Gasteiger charge is 2.13. The lowest BCUT2D eigenvalue weighted by Gasteiger charge is -2.24. The van der Waals surface area contributed by atoms with Crippen molar-refractivity contribution >= 4 is 0 Å². The molecule has 19 heavy (non-hydrogen) atoms. The first kappa shape index (κ1) is 15.4. The molecule has 3 nitrogen and oxygen atoms in total. The maximum atomic E-state index is 6.17. The van der Waals surface area contributed by atoms with Crippen molar-refractivity contribution in [3.8, 4) is 0 Å². The Hall–Kier alpha value is -1.68. The Morgan fingerprint density at radius 1 is 1.32 bits per heavy atom. The zero-order chi connectivity index (χ0) is 14.1. The molecule has 0 saturated carbocycles. The second-order valence-corrected chi connectivity index (χ2v) is 4.18. The summed E-state index contributed by atoms with van der Waals surface area (Å²) in [5, 5.41) is 6.57. The van der Waals surface area contributed by atoms with Crippen LogP contribution in [0.15, 0.2) is 66.8 Å². The van der Waals surface area contributed by atoms with Crippen LogP contribution in [0.3, 0.4) is 0 Å². The molecule has 0 aliphatic heterocycles.